The molecule has 1 amide bonds. The van der Waals surface area contributed by atoms with Crippen LogP contribution in [-0.2, 0) is 14.8 Å². The van der Waals surface area contributed by atoms with E-state index in [1.165, 1.54) is 29.7 Å². The summed E-state index contributed by atoms with van der Waals surface area (Å²) in [4.78, 5) is 11.5. The average Bonchev–Trinajstić information content (AvgIpc) is 2.58. The zero-order chi connectivity index (χ0) is 17.7. The van der Waals surface area contributed by atoms with Crippen molar-refractivity contribution in [1.82, 2.24) is 5.48 Å². The minimum atomic E-state index is -3.81. The monoisotopic (exact) mass is 351 g/mol. The Bertz CT molecular complexity index is 794. The van der Waals surface area contributed by atoms with Crippen LogP contribution >= 0.6 is 0 Å². The lowest BCUT2D eigenvalue weighted by Gasteiger charge is -2.24. The topological polar surface area (TPSA) is 142 Å². The van der Waals surface area contributed by atoms with E-state index in [1.807, 2.05) is 0 Å². The summed E-state index contributed by atoms with van der Waals surface area (Å²) in [6, 6.07) is 13.3. The number of anilines is 1. The van der Waals surface area contributed by atoms with Crippen molar-refractivity contribution in [2.45, 2.75) is 17.0 Å². The smallest absolute Gasteiger partial charge is 0.274 e. The largest absolute Gasteiger partial charge is 0.381 e. The zero-order valence-corrected chi connectivity index (χ0v) is 13.3. The summed E-state index contributed by atoms with van der Waals surface area (Å²) in [5.41, 5.74) is 2.47. The molecule has 0 fully saturated rings. The third-order valence-corrected chi connectivity index (χ3v) is 4.29. The summed E-state index contributed by atoms with van der Waals surface area (Å²) < 4.78 is 22.5. The van der Waals surface area contributed by atoms with Gasteiger partial charge in [-0.1, -0.05) is 30.3 Å². The van der Waals surface area contributed by atoms with Crippen LogP contribution in [0.25, 0.3) is 0 Å². The number of hydroxylamine groups is 1. The number of hydrogen-bond acceptors (Lipinski definition) is 6. The van der Waals surface area contributed by atoms with Crippen LogP contribution in [0.15, 0.2) is 59.5 Å². The molecule has 0 aliphatic rings. The zero-order valence-electron chi connectivity index (χ0n) is 12.5. The standard InChI is InChI=1S/C15H17N3O5S/c16-24(22,23)12-8-6-11(7-9-12)17-13(14(19)15(20)18-21)10-4-2-1-3-5-10/h1-9,13-14,17,19,21H,(H,18,20)(H2,16,22,23)/t13-,14-/m1/s1. The molecule has 2 aromatic carbocycles. The van der Waals surface area contributed by atoms with Crippen molar-refractivity contribution in [1.29, 1.82) is 0 Å². The molecule has 0 unspecified atom stereocenters. The fourth-order valence-corrected chi connectivity index (χ4v) is 2.66. The van der Waals surface area contributed by atoms with Crippen LogP contribution in [0.4, 0.5) is 5.69 Å². The Morgan fingerprint density at radius 2 is 1.62 bits per heavy atom. The lowest BCUT2D eigenvalue weighted by atomic mass is 10.0. The Morgan fingerprint density at radius 1 is 1.04 bits per heavy atom. The number of benzene rings is 2. The van der Waals surface area contributed by atoms with Crippen molar-refractivity contribution in [3.05, 3.63) is 60.2 Å². The minimum Gasteiger partial charge on any atom is -0.381 e. The lowest BCUT2D eigenvalue weighted by Crippen LogP contribution is -2.39. The highest BCUT2D eigenvalue weighted by Gasteiger charge is 2.27. The van der Waals surface area contributed by atoms with Gasteiger partial charge in [0, 0.05) is 5.69 Å². The van der Waals surface area contributed by atoms with E-state index in [2.05, 4.69) is 5.32 Å². The number of aliphatic hydroxyl groups excluding tert-OH is 1. The molecule has 2 aromatic rings. The molecule has 9 heteroatoms. The second kappa shape index (κ2) is 7.41. The van der Waals surface area contributed by atoms with Gasteiger partial charge in [-0.15, -0.1) is 0 Å². The molecular formula is C15H17N3O5S. The molecule has 0 aliphatic heterocycles. The molecule has 0 aromatic heterocycles. The van der Waals surface area contributed by atoms with Crippen LogP contribution < -0.4 is 15.9 Å². The molecule has 24 heavy (non-hydrogen) atoms. The predicted octanol–water partition coefficient (Wildman–Crippen LogP) is 0.353. The van der Waals surface area contributed by atoms with Crippen molar-refractivity contribution in [3.8, 4) is 0 Å². The number of amides is 1. The van der Waals surface area contributed by atoms with Crippen molar-refractivity contribution in [3.63, 3.8) is 0 Å². The number of rotatable bonds is 6. The van der Waals surface area contributed by atoms with Gasteiger partial charge in [-0.25, -0.2) is 19.0 Å². The number of hydrogen-bond donors (Lipinski definition) is 5. The number of sulfonamides is 1. The SMILES string of the molecule is NS(=O)(=O)c1ccc(N[C@H](c2ccccc2)[C@@H](O)C(=O)NO)cc1. The highest BCUT2D eigenvalue weighted by molar-refractivity contribution is 7.89. The van der Waals surface area contributed by atoms with Gasteiger partial charge in [0.2, 0.25) is 10.0 Å². The van der Waals surface area contributed by atoms with Gasteiger partial charge in [0.15, 0.2) is 6.10 Å². The number of aliphatic hydroxyl groups is 1. The number of carbonyl (C=O) groups excluding carboxylic acids is 1. The van der Waals surface area contributed by atoms with E-state index in [0.29, 0.717) is 11.3 Å². The first kappa shape index (κ1) is 17.9. The first-order valence-corrected chi connectivity index (χ1v) is 8.44. The first-order chi connectivity index (χ1) is 11.3. The Kier molecular flexibility index (Phi) is 5.52. The average molecular weight is 351 g/mol. The molecular weight excluding hydrogens is 334 g/mol. The maximum Gasteiger partial charge on any atom is 0.274 e. The Balaban J connectivity index is 2.30. The molecule has 0 radical (unpaired) electrons. The number of nitrogens with two attached hydrogens (primary N) is 1. The molecule has 2 atom stereocenters. The van der Waals surface area contributed by atoms with Gasteiger partial charge in [0.1, 0.15) is 0 Å². The molecule has 2 rings (SSSR count). The van der Waals surface area contributed by atoms with Crippen molar-refractivity contribution < 1.29 is 23.5 Å². The minimum absolute atomic E-state index is 0.0574. The maximum atomic E-state index is 11.6. The summed E-state index contributed by atoms with van der Waals surface area (Å²) in [6.45, 7) is 0. The summed E-state index contributed by atoms with van der Waals surface area (Å²) in [6.07, 6.45) is -1.57. The Labute approximate surface area is 138 Å². The van der Waals surface area contributed by atoms with Crippen LogP contribution in [0.2, 0.25) is 0 Å². The van der Waals surface area contributed by atoms with Crippen LogP contribution in [-0.4, -0.2) is 30.7 Å². The van der Waals surface area contributed by atoms with Crippen molar-refractivity contribution in [2.75, 3.05) is 5.32 Å². The van der Waals surface area contributed by atoms with Gasteiger partial charge < -0.3 is 10.4 Å². The maximum absolute atomic E-state index is 11.6. The Morgan fingerprint density at radius 3 is 2.12 bits per heavy atom. The van der Waals surface area contributed by atoms with Gasteiger partial charge in [-0.3, -0.25) is 10.0 Å². The summed E-state index contributed by atoms with van der Waals surface area (Å²) in [7, 11) is -3.81. The van der Waals surface area contributed by atoms with E-state index in [0.717, 1.165) is 0 Å². The molecule has 0 saturated heterocycles. The van der Waals surface area contributed by atoms with Crippen molar-refractivity contribution in [2.24, 2.45) is 5.14 Å². The lowest BCUT2D eigenvalue weighted by molar-refractivity contribution is -0.138. The first-order valence-electron chi connectivity index (χ1n) is 6.89. The van der Waals surface area contributed by atoms with E-state index >= 15 is 0 Å². The van der Waals surface area contributed by atoms with Gasteiger partial charge >= 0.3 is 0 Å². The molecule has 0 saturated carbocycles. The van der Waals surface area contributed by atoms with Gasteiger partial charge in [0.05, 0.1) is 10.9 Å². The fourth-order valence-electron chi connectivity index (χ4n) is 2.14. The third kappa shape index (κ3) is 4.30. The normalized spacial score (nSPS) is 13.8. The molecule has 8 nitrogen and oxygen atoms in total. The highest BCUT2D eigenvalue weighted by atomic mass is 32.2. The number of primary sulfonamides is 1. The fraction of sp³-hybridized carbons (Fsp3) is 0.133. The van der Waals surface area contributed by atoms with Gasteiger partial charge in [-0.05, 0) is 29.8 Å². The summed E-state index contributed by atoms with van der Waals surface area (Å²) in [5, 5.41) is 26.8. The highest BCUT2D eigenvalue weighted by Crippen LogP contribution is 2.24. The molecule has 0 heterocycles. The second-order valence-electron chi connectivity index (χ2n) is 5.02. The second-order valence-corrected chi connectivity index (χ2v) is 6.58. The van der Waals surface area contributed by atoms with E-state index in [1.54, 1.807) is 30.3 Å². The van der Waals surface area contributed by atoms with Crippen LogP contribution in [0.1, 0.15) is 11.6 Å². The third-order valence-electron chi connectivity index (χ3n) is 3.36. The Hall–Kier alpha value is -2.46. The van der Waals surface area contributed by atoms with Crippen LogP contribution in [0, 0.1) is 0 Å². The molecule has 6 N–H and O–H groups in total. The quantitative estimate of drug-likeness (QED) is 0.376. The number of carbonyl (C=O) groups is 1. The van der Waals surface area contributed by atoms with Crippen LogP contribution in [0.5, 0.6) is 0 Å². The van der Waals surface area contributed by atoms with E-state index in [-0.39, 0.29) is 4.90 Å². The molecule has 128 valence electrons. The predicted molar refractivity (Wildman–Crippen MR) is 86.6 cm³/mol. The van der Waals surface area contributed by atoms with Gasteiger partial charge in [0.25, 0.3) is 5.91 Å². The van der Waals surface area contributed by atoms with Gasteiger partial charge in [-0.2, -0.15) is 0 Å². The van der Waals surface area contributed by atoms with Crippen LogP contribution in [0.3, 0.4) is 0 Å². The molecule has 0 aliphatic carbocycles. The van der Waals surface area contributed by atoms with Crippen molar-refractivity contribution >= 4 is 21.6 Å². The van der Waals surface area contributed by atoms with E-state index < -0.39 is 28.1 Å². The summed E-state index contributed by atoms with van der Waals surface area (Å²) >= 11 is 0. The van der Waals surface area contributed by atoms with E-state index in [4.69, 9.17) is 10.3 Å². The summed E-state index contributed by atoms with van der Waals surface area (Å²) in [5.74, 6) is -0.975. The molecule has 0 bridgehead atoms. The van der Waals surface area contributed by atoms with E-state index in [9.17, 15) is 18.3 Å². The molecule has 0 spiro atoms. The number of nitrogens with one attached hydrogen (secondary N) is 2.